The van der Waals surface area contributed by atoms with Gasteiger partial charge in [-0.2, -0.15) is 0 Å². The van der Waals surface area contributed by atoms with Crippen molar-refractivity contribution in [2.75, 3.05) is 141 Å². The number of aryl methyl sites for hydroxylation is 1. The lowest BCUT2D eigenvalue weighted by molar-refractivity contribution is -0.256. The van der Waals surface area contributed by atoms with E-state index in [1.165, 1.54) is 58.5 Å². The Morgan fingerprint density at radius 1 is 0.772 bits per heavy atom. The van der Waals surface area contributed by atoms with Gasteiger partial charge in [-0.3, -0.25) is 53.0 Å². The number of Topliss-reactive ketones (excluding diaryl/α,β-unsaturated/α-hetero) is 2. The zero-order chi connectivity index (χ0) is 83.1. The maximum atomic E-state index is 14.2. The van der Waals surface area contributed by atoms with Gasteiger partial charge in [-0.25, -0.2) is 14.4 Å². The lowest BCUT2D eigenvalue weighted by atomic mass is 9.72. The Hall–Kier alpha value is -9.34. The van der Waals surface area contributed by atoms with Crippen molar-refractivity contribution in [3.05, 3.63) is 87.0 Å². The number of nitrogens with two attached hydrogens (primary N) is 1. The number of primary amides is 1. The molecule has 3 aromatic rings. The second-order valence-corrected chi connectivity index (χ2v) is 29.0. The number of ether oxygens (including phenoxy) is 12. The number of morpholine rings is 1. The van der Waals surface area contributed by atoms with E-state index in [1.807, 2.05) is 45.0 Å². The third-order valence-corrected chi connectivity index (χ3v) is 20.5. The second-order valence-electron chi connectivity index (χ2n) is 29.0. The van der Waals surface area contributed by atoms with Crippen LogP contribution in [0.5, 0.6) is 17.2 Å². The van der Waals surface area contributed by atoms with E-state index in [0.717, 1.165) is 20.9 Å². The molecule has 3 unspecified atom stereocenters. The van der Waals surface area contributed by atoms with E-state index in [2.05, 4.69) is 26.2 Å². The third-order valence-electron chi connectivity index (χ3n) is 20.5. The molecule has 4 heterocycles. The van der Waals surface area contributed by atoms with Crippen molar-refractivity contribution >= 4 is 70.9 Å². The quantitative estimate of drug-likeness (QED) is 0.0180. The van der Waals surface area contributed by atoms with Crippen molar-refractivity contribution in [1.29, 1.82) is 0 Å². The van der Waals surface area contributed by atoms with Crippen LogP contribution in [-0.2, 0) is 98.7 Å². The molecule has 9 rings (SSSR count). The normalized spacial score (nSPS) is 22.0. The number of benzene rings is 3. The molecule has 0 spiro atoms. The fourth-order valence-corrected chi connectivity index (χ4v) is 14.2. The van der Waals surface area contributed by atoms with Gasteiger partial charge in [-0.15, -0.1) is 0 Å². The number of phenols is 2. The molecule has 0 bridgehead atoms. The molecular formula is C78H109N9O27. The third kappa shape index (κ3) is 23.7. The van der Waals surface area contributed by atoms with Crippen LogP contribution in [0.4, 0.5) is 14.4 Å². The molecule has 9 N–H and O–H groups in total. The summed E-state index contributed by atoms with van der Waals surface area (Å²) in [5.41, 5.74) is 3.00. The monoisotopic (exact) mass is 1600 g/mol. The van der Waals surface area contributed by atoms with Crippen molar-refractivity contribution in [2.24, 2.45) is 23.5 Å². The molecule has 2 aliphatic carbocycles. The van der Waals surface area contributed by atoms with Gasteiger partial charge < -0.3 is 109 Å². The summed E-state index contributed by atoms with van der Waals surface area (Å²) in [6, 6.07) is 10.3. The Morgan fingerprint density at radius 2 is 1.42 bits per heavy atom. The fraction of sp³-hybridized carbons (Fsp3) is 0.615. The number of aliphatic hydroxyl groups is 1. The summed E-state index contributed by atoms with van der Waals surface area (Å²) in [7, 11) is 7.26. The Bertz CT molecular complexity index is 3900. The number of urea groups is 1. The van der Waals surface area contributed by atoms with Gasteiger partial charge in [0.2, 0.25) is 41.1 Å². The number of carbonyl (C=O) groups excluding carboxylic acids is 12. The molecule has 36 heteroatoms. The van der Waals surface area contributed by atoms with Crippen LogP contribution in [0, 0.1) is 24.7 Å². The van der Waals surface area contributed by atoms with Crippen LogP contribution in [0.3, 0.4) is 0 Å². The molecule has 4 saturated heterocycles. The van der Waals surface area contributed by atoms with Crippen molar-refractivity contribution in [2.45, 2.75) is 154 Å². The minimum Gasteiger partial charge on any atom is -0.507 e. The number of amides is 9. The Kier molecular flexibility index (Phi) is 33.9. The van der Waals surface area contributed by atoms with Crippen LogP contribution in [0.25, 0.3) is 0 Å². The van der Waals surface area contributed by atoms with E-state index >= 15 is 0 Å². The molecule has 36 nitrogen and oxygen atoms in total. The number of ketones is 4. The summed E-state index contributed by atoms with van der Waals surface area (Å²) < 4.78 is 68.3. The highest BCUT2D eigenvalue weighted by molar-refractivity contribution is 6.31. The van der Waals surface area contributed by atoms with Crippen LogP contribution < -0.4 is 31.7 Å². The summed E-state index contributed by atoms with van der Waals surface area (Å²) in [5, 5.41) is 46.7. The van der Waals surface area contributed by atoms with Gasteiger partial charge in [-0.05, 0) is 44.2 Å². The summed E-state index contributed by atoms with van der Waals surface area (Å²) in [6.45, 7) is 12.3. The van der Waals surface area contributed by atoms with Gasteiger partial charge in [0.05, 0.1) is 102 Å². The number of methoxy groups -OCH3 is 2. The lowest BCUT2D eigenvalue weighted by Gasteiger charge is -2.43. The minimum absolute atomic E-state index is 0.000745. The first kappa shape index (κ1) is 90.2. The summed E-state index contributed by atoms with van der Waals surface area (Å²) >= 11 is 0. The molecule has 4 aliphatic heterocycles. The number of aromatic hydroxyl groups is 2. The van der Waals surface area contributed by atoms with Gasteiger partial charge in [0, 0.05) is 147 Å². The Balaban J connectivity index is 0.000000299. The molecule has 4 fully saturated rings. The number of hydrogen-bond acceptors (Lipinski definition) is 28. The number of likely N-dealkylation sites (tertiary alicyclic amines) is 1. The number of nitrogens with zero attached hydrogens (tertiary/aromatic N) is 4. The molecule has 0 saturated carbocycles. The number of imide groups is 1. The van der Waals surface area contributed by atoms with E-state index in [0.29, 0.717) is 78.7 Å². The fourth-order valence-electron chi connectivity index (χ4n) is 14.2. The largest absolute Gasteiger partial charge is 0.507 e. The van der Waals surface area contributed by atoms with Crippen molar-refractivity contribution in [3.8, 4) is 17.2 Å². The first-order valence-corrected chi connectivity index (χ1v) is 38.2. The highest BCUT2D eigenvalue weighted by Crippen LogP contribution is 2.53. The molecule has 0 aromatic heterocycles. The zero-order valence-corrected chi connectivity index (χ0v) is 66.3. The number of rotatable bonds is 40. The van der Waals surface area contributed by atoms with E-state index < -0.39 is 132 Å². The minimum atomic E-state index is -2.40. The summed E-state index contributed by atoms with van der Waals surface area (Å²) in [4.78, 5) is 158. The highest BCUT2D eigenvalue weighted by atomic mass is 16.7. The summed E-state index contributed by atoms with van der Waals surface area (Å²) in [6.07, 6.45) is -5.96. The maximum absolute atomic E-state index is 14.2. The van der Waals surface area contributed by atoms with Crippen LogP contribution >= 0.6 is 0 Å². The lowest BCUT2D eigenvalue weighted by Crippen LogP contribution is -2.55. The van der Waals surface area contributed by atoms with Crippen molar-refractivity contribution in [1.82, 2.24) is 40.9 Å². The topological polar surface area (TPSA) is 463 Å². The zero-order valence-electron chi connectivity index (χ0n) is 66.3. The average molecular weight is 1600 g/mol. The maximum Gasteiger partial charge on any atom is 0.409 e. The van der Waals surface area contributed by atoms with E-state index in [1.54, 1.807) is 13.8 Å². The van der Waals surface area contributed by atoms with Crippen LogP contribution in [0.15, 0.2) is 42.5 Å². The molecule has 3 aromatic carbocycles. The molecular weight excluding hydrogens is 1490 g/mol. The average Bonchev–Trinajstić information content (AvgIpc) is 0.858. The standard InChI is InChI=1S/C46H53N3O16.C32H56N6O11/c1-23-10-12-25(13-11-23)21-61-44(55)47(3)14-15-48(4)45(56)62-22-31(50)46(57)19-27-34(40(54)36-35(38(27)52)37(51)26-8-7-9-29(58-5)33(26)39(36)53)30(20-46)64-32-18-28-41(24(2)63-32)65-42-43(59-6)60-17-16-49(28)42;1-22(2)29(25(39)21-24(30(43)34-4)6-5-9-36-32(33)45)37-27(41)8-12-46-14-16-48-18-19-49-17-15-47-13-10-35-26(40)7-11-38-28(42)20-23(3)31(38)44/h7-13,24,28,30,32,41-43,52,54,57H,14-22H2,1-6H3;22-24,29H,5-21H2,1-4H3,(H,34,43)(H,35,40)(H,37,41)(H3,33,36,45)/t24-,28-,30-,32-,41+,42?,43-,46-;23?,24?,29-/m00/s1. The van der Waals surface area contributed by atoms with Crippen LogP contribution in [0.1, 0.15) is 139 Å². The van der Waals surface area contributed by atoms with Gasteiger partial charge in [-0.1, -0.05) is 62.7 Å². The van der Waals surface area contributed by atoms with E-state index in [4.69, 9.17) is 62.6 Å². The first-order valence-electron chi connectivity index (χ1n) is 38.2. The molecule has 0 radical (unpaired) electrons. The molecule has 6 aliphatic rings. The first-order chi connectivity index (χ1) is 54.4. The number of nitrogens with one attached hydrogen (secondary N) is 4. The predicted octanol–water partition coefficient (Wildman–Crippen LogP) is 2.62. The number of likely N-dealkylation sites (N-methyl/N-ethyl adjacent to an activating group) is 2. The van der Waals surface area contributed by atoms with Gasteiger partial charge in [0.25, 0.3) is 0 Å². The number of phenolic OH excluding ortho intramolecular Hbond substituents is 2. The second kappa shape index (κ2) is 42.9. The number of carbonyl (C=O) groups is 12. The smallest absolute Gasteiger partial charge is 0.409 e. The van der Waals surface area contributed by atoms with Gasteiger partial charge in [0.1, 0.15) is 35.6 Å². The number of fused-ring (bicyclic) bond motifs is 6. The molecule has 11 atom stereocenters. The summed E-state index contributed by atoms with van der Waals surface area (Å²) in [5.74, 6) is -6.60. The molecule has 114 heavy (non-hydrogen) atoms. The van der Waals surface area contributed by atoms with Gasteiger partial charge >= 0.3 is 18.2 Å². The van der Waals surface area contributed by atoms with Crippen LogP contribution in [-0.4, -0.2) is 295 Å². The Labute approximate surface area is 661 Å². The van der Waals surface area contributed by atoms with Crippen LogP contribution in [0.2, 0.25) is 0 Å². The molecule has 9 amide bonds. The van der Waals surface area contributed by atoms with Crippen molar-refractivity contribution in [3.63, 3.8) is 0 Å². The SMILES string of the molecule is CNC(=O)C(CCCNC(N)=O)CC(=O)[C@@H](NC(=O)CCOCCOCCOCCOCCNC(=O)CCN1C(=O)CC(C)C1=O)C(C)C.COc1cccc2c1C(=O)c1c(O)c3c(c(O)c1C2=O)C[C@@](O)(C(=O)COC(=O)N(C)CCN(C)C(=O)OCc1ccc(C)cc1)C[C@@H]3O[C@H]1C[C@H]2[C@H](OC3[C@@H](OC)OCCN32)[C@H](C)O1. The van der Waals surface area contributed by atoms with Gasteiger partial charge in [0.15, 0.2) is 37.0 Å². The highest BCUT2D eigenvalue weighted by Gasteiger charge is 2.56. The predicted molar refractivity (Wildman–Crippen MR) is 401 cm³/mol. The van der Waals surface area contributed by atoms with E-state index in [9.17, 15) is 72.9 Å². The molecule has 628 valence electrons. The number of hydrogen-bond donors (Lipinski definition) is 8. The van der Waals surface area contributed by atoms with E-state index in [-0.39, 0.29) is 153 Å². The Morgan fingerprint density at radius 3 is 2.04 bits per heavy atom. The van der Waals surface area contributed by atoms with Crippen molar-refractivity contribution < 1.29 is 130 Å².